The number of hydrogen-bond acceptors (Lipinski definition) is 4. The summed E-state index contributed by atoms with van der Waals surface area (Å²) in [5.74, 6) is -0.554. The summed E-state index contributed by atoms with van der Waals surface area (Å²) in [6.07, 6.45) is -0.0581. The molecule has 0 heterocycles. The number of halogens is 3. The Morgan fingerprint density at radius 3 is 2.12 bits per heavy atom. The van der Waals surface area contributed by atoms with E-state index in [0.29, 0.717) is 16.1 Å². The topological polar surface area (TPSA) is 63.7 Å². The smallest absolute Gasteiger partial charge is 0.338 e. The Morgan fingerprint density at radius 2 is 1.59 bits per heavy atom. The van der Waals surface area contributed by atoms with E-state index in [4.69, 9.17) is 16.3 Å². The molecule has 0 fully saturated rings. The lowest BCUT2D eigenvalue weighted by atomic mass is 10.0. The fourth-order valence-electron chi connectivity index (χ4n) is 3.51. The molecule has 180 valence electrons. The summed E-state index contributed by atoms with van der Waals surface area (Å²) in [6, 6.07) is 17.8. The van der Waals surface area contributed by atoms with E-state index >= 15 is 0 Å². The minimum atomic E-state index is -3.86. The summed E-state index contributed by atoms with van der Waals surface area (Å²) < 4.78 is 35.3. The molecule has 3 rings (SSSR count). The standard InChI is InChI=1S/C25H24Br2ClNO4S/c1-4-21-22(26)14-18(15-23(21)27)25(30)33-24(17-8-6-5-7-9-17)16(2)29(3)34(31,32)20-12-10-19(28)11-13-20/h5-16,24H,4H2,1-3H3. The van der Waals surface area contributed by atoms with E-state index < -0.39 is 28.1 Å². The quantitative estimate of drug-likeness (QED) is 0.251. The van der Waals surface area contributed by atoms with Crippen LogP contribution in [0.15, 0.2) is 80.6 Å². The lowest BCUT2D eigenvalue weighted by Crippen LogP contribution is -2.40. The molecule has 34 heavy (non-hydrogen) atoms. The fraction of sp³-hybridized carbons (Fsp3) is 0.240. The first kappa shape index (κ1) is 26.9. The van der Waals surface area contributed by atoms with Crippen LogP contribution in [-0.2, 0) is 21.2 Å². The van der Waals surface area contributed by atoms with Gasteiger partial charge in [-0.1, -0.05) is 80.7 Å². The molecule has 9 heteroatoms. The maximum absolute atomic E-state index is 13.3. The molecule has 0 N–H and O–H groups in total. The summed E-state index contributed by atoms with van der Waals surface area (Å²) in [5.41, 5.74) is 2.08. The van der Waals surface area contributed by atoms with Crippen molar-refractivity contribution < 1.29 is 17.9 Å². The zero-order valence-corrected chi connectivity index (χ0v) is 23.6. The second-order valence-corrected chi connectivity index (χ2v) is 11.9. The molecule has 0 aromatic heterocycles. The monoisotopic (exact) mass is 627 g/mol. The molecule has 0 aliphatic rings. The van der Waals surface area contributed by atoms with Gasteiger partial charge in [-0.15, -0.1) is 0 Å². The van der Waals surface area contributed by atoms with Gasteiger partial charge in [0.05, 0.1) is 16.5 Å². The van der Waals surface area contributed by atoms with Crippen molar-refractivity contribution in [3.8, 4) is 0 Å². The second kappa shape index (κ2) is 11.4. The third kappa shape index (κ3) is 5.91. The Bertz CT molecular complexity index is 1240. The molecule has 0 bridgehead atoms. The maximum Gasteiger partial charge on any atom is 0.338 e. The largest absolute Gasteiger partial charge is 0.452 e. The van der Waals surface area contributed by atoms with Gasteiger partial charge in [-0.25, -0.2) is 13.2 Å². The molecule has 2 atom stereocenters. The summed E-state index contributed by atoms with van der Waals surface area (Å²) in [4.78, 5) is 13.3. The average Bonchev–Trinajstić information content (AvgIpc) is 2.82. The van der Waals surface area contributed by atoms with Crippen molar-refractivity contribution in [2.45, 2.75) is 37.3 Å². The molecule has 0 saturated heterocycles. The van der Waals surface area contributed by atoms with Gasteiger partial charge in [0, 0.05) is 21.0 Å². The highest BCUT2D eigenvalue weighted by Crippen LogP contribution is 2.32. The van der Waals surface area contributed by atoms with Gasteiger partial charge in [0.2, 0.25) is 10.0 Å². The minimum absolute atomic E-state index is 0.104. The van der Waals surface area contributed by atoms with Crippen molar-refractivity contribution in [3.05, 3.63) is 97.4 Å². The SMILES string of the molecule is CCc1c(Br)cc(C(=O)OC(c2ccccc2)C(C)N(C)S(=O)(=O)c2ccc(Cl)cc2)cc1Br. The molecular weight excluding hydrogens is 606 g/mol. The molecule has 3 aromatic carbocycles. The Hall–Kier alpha value is -1.71. The number of nitrogens with zero attached hydrogens (tertiary/aromatic N) is 1. The van der Waals surface area contributed by atoms with Gasteiger partial charge in [-0.2, -0.15) is 4.31 Å². The third-order valence-electron chi connectivity index (χ3n) is 5.59. The molecule has 0 aliphatic heterocycles. The Balaban J connectivity index is 1.95. The zero-order chi connectivity index (χ0) is 25.0. The first-order valence-corrected chi connectivity index (χ1v) is 13.9. The Morgan fingerprint density at radius 1 is 1.03 bits per heavy atom. The van der Waals surface area contributed by atoms with Crippen LogP contribution in [-0.4, -0.2) is 31.8 Å². The molecular formula is C25H24Br2ClNO4S. The van der Waals surface area contributed by atoms with Crippen molar-refractivity contribution in [2.24, 2.45) is 0 Å². The van der Waals surface area contributed by atoms with E-state index in [9.17, 15) is 13.2 Å². The number of carbonyl (C=O) groups excluding carboxylic acids is 1. The van der Waals surface area contributed by atoms with Crippen LogP contribution in [0.5, 0.6) is 0 Å². The number of esters is 1. The van der Waals surface area contributed by atoms with Crippen LogP contribution in [0.4, 0.5) is 0 Å². The van der Waals surface area contributed by atoms with Crippen LogP contribution in [0.2, 0.25) is 5.02 Å². The highest BCUT2D eigenvalue weighted by molar-refractivity contribution is 9.11. The summed E-state index contributed by atoms with van der Waals surface area (Å²) >= 11 is 12.9. The molecule has 0 spiro atoms. The van der Waals surface area contributed by atoms with Crippen LogP contribution >= 0.6 is 43.5 Å². The van der Waals surface area contributed by atoms with Crippen molar-refractivity contribution in [1.29, 1.82) is 0 Å². The van der Waals surface area contributed by atoms with Gasteiger partial charge >= 0.3 is 5.97 Å². The first-order chi connectivity index (χ1) is 16.1. The lowest BCUT2D eigenvalue weighted by molar-refractivity contribution is 0.0146. The number of benzene rings is 3. The van der Waals surface area contributed by atoms with Crippen LogP contribution in [0.25, 0.3) is 0 Å². The fourth-order valence-corrected chi connectivity index (χ4v) is 6.75. The number of rotatable bonds is 8. The molecule has 0 saturated carbocycles. The molecule has 0 aliphatic carbocycles. The van der Waals surface area contributed by atoms with Crippen molar-refractivity contribution in [1.82, 2.24) is 4.31 Å². The normalized spacial score (nSPS) is 13.5. The Kier molecular flexibility index (Phi) is 8.98. The van der Waals surface area contributed by atoms with Gasteiger partial charge in [0.1, 0.15) is 6.10 Å². The summed E-state index contributed by atoms with van der Waals surface area (Å²) in [5, 5.41) is 0.442. The van der Waals surface area contributed by atoms with Crippen LogP contribution in [0, 0.1) is 0 Å². The minimum Gasteiger partial charge on any atom is -0.452 e. The van der Waals surface area contributed by atoms with Gasteiger partial charge in [0.25, 0.3) is 0 Å². The predicted molar refractivity (Wildman–Crippen MR) is 142 cm³/mol. The predicted octanol–water partition coefficient (Wildman–Crippen LogP) is 7.03. The van der Waals surface area contributed by atoms with Gasteiger partial charge < -0.3 is 4.74 Å². The number of carbonyl (C=O) groups is 1. The van der Waals surface area contributed by atoms with Crippen molar-refractivity contribution in [3.63, 3.8) is 0 Å². The van der Waals surface area contributed by atoms with Gasteiger partial charge in [0.15, 0.2) is 0 Å². The van der Waals surface area contributed by atoms with Crippen LogP contribution in [0.3, 0.4) is 0 Å². The molecule has 0 amide bonds. The zero-order valence-electron chi connectivity index (χ0n) is 18.8. The number of ether oxygens (including phenoxy) is 1. The van der Waals surface area contributed by atoms with E-state index in [1.54, 1.807) is 19.1 Å². The summed E-state index contributed by atoms with van der Waals surface area (Å²) in [7, 11) is -2.39. The number of hydrogen-bond donors (Lipinski definition) is 0. The van der Waals surface area contributed by atoms with Crippen LogP contribution in [0.1, 0.15) is 41.4 Å². The molecule has 2 unspecified atom stereocenters. The van der Waals surface area contributed by atoms with E-state index in [-0.39, 0.29) is 4.90 Å². The maximum atomic E-state index is 13.3. The molecule has 0 radical (unpaired) electrons. The van der Waals surface area contributed by atoms with Crippen molar-refractivity contribution >= 4 is 59.5 Å². The lowest BCUT2D eigenvalue weighted by Gasteiger charge is -2.31. The van der Waals surface area contributed by atoms with E-state index in [0.717, 1.165) is 20.9 Å². The van der Waals surface area contributed by atoms with E-state index in [1.807, 2.05) is 37.3 Å². The highest BCUT2D eigenvalue weighted by Gasteiger charge is 2.34. The molecule has 5 nitrogen and oxygen atoms in total. The second-order valence-electron chi connectivity index (χ2n) is 7.72. The highest BCUT2D eigenvalue weighted by atomic mass is 79.9. The molecule has 3 aromatic rings. The Labute approximate surface area is 222 Å². The third-order valence-corrected chi connectivity index (χ3v) is 9.22. The number of likely N-dealkylation sites (N-methyl/N-ethyl adjacent to an activating group) is 1. The number of sulfonamides is 1. The van der Waals surface area contributed by atoms with Crippen molar-refractivity contribution in [2.75, 3.05) is 7.05 Å². The van der Waals surface area contributed by atoms with Crippen LogP contribution < -0.4 is 0 Å². The average molecular weight is 630 g/mol. The van der Waals surface area contributed by atoms with Gasteiger partial charge in [-0.05, 0) is 60.9 Å². The van der Waals surface area contributed by atoms with E-state index in [2.05, 4.69) is 31.9 Å². The summed E-state index contributed by atoms with van der Waals surface area (Å²) in [6.45, 7) is 3.73. The van der Waals surface area contributed by atoms with E-state index in [1.165, 1.54) is 35.6 Å². The first-order valence-electron chi connectivity index (χ1n) is 10.5. The van der Waals surface area contributed by atoms with Gasteiger partial charge in [-0.3, -0.25) is 0 Å².